The molecule has 1 atom stereocenters. The maximum atomic E-state index is 14.1. The molecular weight excluding hydrogens is 725 g/mol. The number of carbonyl (C=O) groups is 1. The lowest BCUT2D eigenvalue weighted by Gasteiger charge is -2.25. The first-order chi connectivity index (χ1) is 22.7. The van der Waals surface area contributed by atoms with Crippen molar-refractivity contribution in [1.82, 2.24) is 4.57 Å². The number of anilines is 1. The van der Waals surface area contributed by atoms with Gasteiger partial charge in [-0.1, -0.05) is 65.9 Å². The molecule has 8 nitrogen and oxygen atoms in total. The van der Waals surface area contributed by atoms with Crippen LogP contribution in [0.5, 0.6) is 11.5 Å². The topological polar surface area (TPSA) is 82.4 Å². The van der Waals surface area contributed by atoms with Gasteiger partial charge in [-0.3, -0.25) is 9.36 Å². The van der Waals surface area contributed by atoms with Crippen LogP contribution in [0.15, 0.2) is 99.9 Å². The number of fused-ring (bicyclic) bond motifs is 2. The molecule has 2 heterocycles. The third kappa shape index (κ3) is 6.44. The molecule has 240 valence electrons. The van der Waals surface area contributed by atoms with Gasteiger partial charge >= 0.3 is 5.97 Å². The number of halogens is 1. The van der Waals surface area contributed by atoms with Crippen LogP contribution >= 0.6 is 33.9 Å². The number of benzene rings is 4. The van der Waals surface area contributed by atoms with Crippen molar-refractivity contribution in [2.45, 2.75) is 26.5 Å². The van der Waals surface area contributed by atoms with Gasteiger partial charge in [0.05, 0.1) is 39.1 Å². The normalized spacial score (nSPS) is 14.5. The minimum Gasteiger partial charge on any atom is -0.493 e. The van der Waals surface area contributed by atoms with Crippen LogP contribution in [-0.4, -0.2) is 38.3 Å². The molecule has 0 radical (unpaired) electrons. The maximum Gasteiger partial charge on any atom is 0.338 e. The molecule has 0 spiro atoms. The molecule has 6 rings (SSSR count). The van der Waals surface area contributed by atoms with Crippen molar-refractivity contribution in [3.8, 4) is 11.5 Å². The Bertz CT molecular complexity index is 2200. The largest absolute Gasteiger partial charge is 0.493 e. The lowest BCUT2D eigenvalue weighted by atomic mass is 9.95. The van der Waals surface area contributed by atoms with Gasteiger partial charge in [0.15, 0.2) is 16.3 Å². The van der Waals surface area contributed by atoms with Crippen molar-refractivity contribution in [2.75, 3.05) is 32.7 Å². The second-order valence-corrected chi connectivity index (χ2v) is 13.4. The number of methoxy groups -OCH3 is 1. The van der Waals surface area contributed by atoms with E-state index in [4.69, 9.17) is 19.2 Å². The Kier molecular flexibility index (Phi) is 9.51. The summed E-state index contributed by atoms with van der Waals surface area (Å²) in [6.45, 7) is 4.14. The summed E-state index contributed by atoms with van der Waals surface area (Å²) in [5.41, 5.74) is 4.30. The summed E-state index contributed by atoms with van der Waals surface area (Å²) in [7, 11) is 5.53. The van der Waals surface area contributed by atoms with E-state index in [2.05, 4.69) is 46.9 Å². The summed E-state index contributed by atoms with van der Waals surface area (Å²) >= 11 is 3.52. The van der Waals surface area contributed by atoms with Gasteiger partial charge in [-0.05, 0) is 94.2 Å². The molecule has 0 amide bonds. The molecule has 10 heteroatoms. The van der Waals surface area contributed by atoms with Crippen LogP contribution in [0.3, 0.4) is 0 Å². The van der Waals surface area contributed by atoms with Crippen molar-refractivity contribution >= 4 is 62.4 Å². The number of thiazole rings is 1. The lowest BCUT2D eigenvalue weighted by Crippen LogP contribution is -2.39. The van der Waals surface area contributed by atoms with E-state index in [0.29, 0.717) is 38.7 Å². The van der Waals surface area contributed by atoms with E-state index in [9.17, 15) is 9.59 Å². The van der Waals surface area contributed by atoms with Crippen LogP contribution in [0.1, 0.15) is 36.6 Å². The standard InChI is InChI=1S/C37H34IN3O5S/c1-6-45-36(43)32-22(2)39-37-41(33(32)25-14-16-27(17-15-25)40(3)4)35(42)31(47-37)20-23-18-29(38)34(30(19-23)44-5)46-21-26-12-9-11-24-10-7-8-13-28(24)26/h7-20,33H,6,21H2,1-5H3/b31-20-. The monoisotopic (exact) mass is 759 g/mol. The number of allylic oxidation sites excluding steroid dienone is 1. The molecule has 0 aliphatic carbocycles. The molecule has 1 aliphatic rings. The van der Waals surface area contributed by atoms with E-state index < -0.39 is 12.0 Å². The zero-order chi connectivity index (χ0) is 33.2. The maximum absolute atomic E-state index is 14.1. The molecule has 4 aromatic carbocycles. The summed E-state index contributed by atoms with van der Waals surface area (Å²) in [4.78, 5) is 34.6. The van der Waals surface area contributed by atoms with E-state index in [1.54, 1.807) is 25.5 Å². The fourth-order valence-corrected chi connectivity index (χ4v) is 7.57. The van der Waals surface area contributed by atoms with Crippen molar-refractivity contribution in [3.05, 3.63) is 130 Å². The Labute approximate surface area is 290 Å². The highest BCUT2D eigenvalue weighted by Gasteiger charge is 2.33. The van der Waals surface area contributed by atoms with Gasteiger partial charge in [0.1, 0.15) is 6.61 Å². The van der Waals surface area contributed by atoms with Crippen LogP contribution in [0.25, 0.3) is 16.8 Å². The van der Waals surface area contributed by atoms with Crippen LogP contribution in [0, 0.1) is 3.57 Å². The summed E-state index contributed by atoms with van der Waals surface area (Å²) < 4.78 is 20.4. The number of hydrogen-bond donors (Lipinski definition) is 0. The predicted molar refractivity (Wildman–Crippen MR) is 195 cm³/mol. The first-order valence-electron chi connectivity index (χ1n) is 15.1. The molecule has 1 aliphatic heterocycles. The molecule has 0 saturated carbocycles. The Hall–Kier alpha value is -4.42. The fraction of sp³-hybridized carbons (Fsp3) is 0.216. The summed E-state index contributed by atoms with van der Waals surface area (Å²) in [5.74, 6) is 0.717. The van der Waals surface area contributed by atoms with E-state index in [1.165, 1.54) is 11.3 Å². The van der Waals surface area contributed by atoms with E-state index in [0.717, 1.165) is 36.7 Å². The number of esters is 1. The smallest absolute Gasteiger partial charge is 0.338 e. The highest BCUT2D eigenvalue weighted by molar-refractivity contribution is 14.1. The quantitative estimate of drug-likeness (QED) is 0.131. The summed E-state index contributed by atoms with van der Waals surface area (Å²) in [5, 5.41) is 2.30. The Balaban J connectivity index is 1.39. The summed E-state index contributed by atoms with van der Waals surface area (Å²) in [6, 6.07) is 25.4. The first-order valence-corrected chi connectivity index (χ1v) is 17.0. The molecule has 1 aromatic heterocycles. The van der Waals surface area contributed by atoms with E-state index in [1.807, 2.05) is 79.7 Å². The van der Waals surface area contributed by atoms with Gasteiger partial charge in [0, 0.05) is 19.8 Å². The molecular formula is C37H34IN3O5S. The van der Waals surface area contributed by atoms with E-state index in [-0.39, 0.29) is 12.2 Å². The predicted octanol–water partition coefficient (Wildman–Crippen LogP) is 6.21. The highest BCUT2D eigenvalue weighted by atomic mass is 127. The summed E-state index contributed by atoms with van der Waals surface area (Å²) in [6.07, 6.45) is 1.83. The molecule has 0 fully saturated rings. The molecule has 0 saturated heterocycles. The van der Waals surface area contributed by atoms with Crippen molar-refractivity contribution in [1.29, 1.82) is 0 Å². The number of carbonyl (C=O) groups excluding carboxylic acids is 1. The second kappa shape index (κ2) is 13.7. The van der Waals surface area contributed by atoms with Crippen LogP contribution in [-0.2, 0) is 16.1 Å². The van der Waals surface area contributed by atoms with Crippen molar-refractivity contribution < 1.29 is 19.0 Å². The van der Waals surface area contributed by atoms with Crippen molar-refractivity contribution in [3.63, 3.8) is 0 Å². The average molecular weight is 760 g/mol. The van der Waals surface area contributed by atoms with Crippen LogP contribution in [0.2, 0.25) is 0 Å². The highest BCUT2D eigenvalue weighted by Crippen LogP contribution is 2.36. The molecule has 47 heavy (non-hydrogen) atoms. The Morgan fingerprint density at radius 3 is 2.53 bits per heavy atom. The minimum atomic E-state index is -0.678. The number of aromatic nitrogens is 1. The van der Waals surface area contributed by atoms with Gasteiger partial charge < -0.3 is 19.1 Å². The SMILES string of the molecule is CCOC(=O)C1=C(C)N=c2s/c(=C\c3cc(I)c(OCc4cccc5ccccc45)c(OC)c3)c(=O)n2C1c1ccc(N(C)C)cc1. The second-order valence-electron chi connectivity index (χ2n) is 11.2. The number of rotatable bonds is 9. The van der Waals surface area contributed by atoms with Crippen LogP contribution in [0.4, 0.5) is 5.69 Å². The Morgan fingerprint density at radius 1 is 1.06 bits per heavy atom. The molecule has 0 bridgehead atoms. The van der Waals surface area contributed by atoms with Gasteiger partial charge in [-0.15, -0.1) is 0 Å². The van der Waals surface area contributed by atoms with Gasteiger partial charge in [0.25, 0.3) is 5.56 Å². The minimum absolute atomic E-state index is 0.217. The number of hydrogen-bond acceptors (Lipinski definition) is 8. The van der Waals surface area contributed by atoms with Gasteiger partial charge in [-0.25, -0.2) is 9.79 Å². The molecule has 0 N–H and O–H groups in total. The fourth-order valence-electron chi connectivity index (χ4n) is 5.74. The van der Waals surface area contributed by atoms with Crippen molar-refractivity contribution in [2.24, 2.45) is 4.99 Å². The van der Waals surface area contributed by atoms with Crippen LogP contribution < -0.4 is 29.3 Å². The average Bonchev–Trinajstić information content (AvgIpc) is 3.36. The number of ether oxygens (including phenoxy) is 3. The zero-order valence-corrected chi connectivity index (χ0v) is 29.7. The van der Waals surface area contributed by atoms with E-state index >= 15 is 0 Å². The lowest BCUT2D eigenvalue weighted by molar-refractivity contribution is -0.139. The first kappa shape index (κ1) is 32.5. The number of nitrogens with zero attached hydrogens (tertiary/aromatic N) is 3. The van der Waals surface area contributed by atoms with Gasteiger partial charge in [0.2, 0.25) is 0 Å². The molecule has 1 unspecified atom stereocenters. The molecule has 5 aromatic rings. The third-order valence-corrected chi connectivity index (χ3v) is 9.83. The zero-order valence-electron chi connectivity index (χ0n) is 26.7. The van der Waals surface area contributed by atoms with Gasteiger partial charge in [-0.2, -0.15) is 0 Å². The Morgan fingerprint density at radius 2 is 1.81 bits per heavy atom. The third-order valence-electron chi connectivity index (χ3n) is 8.04.